The highest BCUT2D eigenvalue weighted by Gasteiger charge is 2.00. The first-order chi connectivity index (χ1) is 5.66. The Balaban J connectivity index is 3.14. The van der Waals surface area contributed by atoms with Crippen molar-refractivity contribution in [3.63, 3.8) is 0 Å². The van der Waals surface area contributed by atoms with Gasteiger partial charge in [0.05, 0.1) is 6.61 Å². The van der Waals surface area contributed by atoms with E-state index >= 15 is 0 Å². The van der Waals surface area contributed by atoms with E-state index in [9.17, 15) is 4.79 Å². The average molecular weight is 195 g/mol. The normalized spacial score (nSPS) is 10.0. The van der Waals surface area contributed by atoms with E-state index in [4.69, 9.17) is 9.79 Å². The van der Waals surface area contributed by atoms with Crippen molar-refractivity contribution in [1.29, 1.82) is 0 Å². The number of ether oxygens (including phenoxy) is 1. The smallest absolute Gasteiger partial charge is 0.407 e. The fourth-order valence-electron chi connectivity index (χ4n) is 0.593. The van der Waals surface area contributed by atoms with Gasteiger partial charge in [-0.05, 0) is 13.3 Å². The van der Waals surface area contributed by atoms with Gasteiger partial charge in [0.15, 0.2) is 8.38 Å². The Bertz CT molecular complexity index is 131. The van der Waals surface area contributed by atoms with Crippen LogP contribution < -0.4 is 5.32 Å². The predicted octanol–water partition coefficient (Wildman–Crippen LogP) is 0.419. The molecule has 0 fully saturated rings. The zero-order valence-electron chi connectivity index (χ0n) is 6.99. The minimum absolute atomic E-state index is 0.321. The third-order valence-corrected chi connectivity index (χ3v) is 1.80. The van der Waals surface area contributed by atoms with Crippen molar-refractivity contribution in [2.24, 2.45) is 0 Å². The van der Waals surface area contributed by atoms with Gasteiger partial charge < -0.3 is 19.8 Å². The molecule has 3 N–H and O–H groups in total. The van der Waals surface area contributed by atoms with E-state index in [0.717, 1.165) is 0 Å². The number of carbonyl (C=O) groups is 1. The van der Waals surface area contributed by atoms with Gasteiger partial charge in [-0.3, -0.25) is 0 Å². The first-order valence-corrected chi connectivity index (χ1v) is 5.16. The lowest BCUT2D eigenvalue weighted by molar-refractivity contribution is 0.152. The van der Waals surface area contributed by atoms with Crippen LogP contribution in [0.25, 0.3) is 0 Å². The maximum absolute atomic E-state index is 10.6. The zero-order valence-corrected chi connectivity index (χ0v) is 7.88. The SMILES string of the molecule is CCOC(=O)NCCCP(O)O. The summed E-state index contributed by atoms with van der Waals surface area (Å²) in [4.78, 5) is 27.6. The highest BCUT2D eigenvalue weighted by molar-refractivity contribution is 7.45. The molecule has 0 atom stereocenters. The van der Waals surface area contributed by atoms with E-state index in [1.165, 1.54) is 0 Å². The molecule has 0 rings (SSSR count). The lowest BCUT2D eigenvalue weighted by atomic mass is 10.5. The van der Waals surface area contributed by atoms with Crippen LogP contribution in [0.1, 0.15) is 13.3 Å². The predicted molar refractivity (Wildman–Crippen MR) is 45.9 cm³/mol. The van der Waals surface area contributed by atoms with Gasteiger partial charge in [-0.2, -0.15) is 0 Å². The molecule has 0 saturated carbocycles. The molecule has 0 heterocycles. The van der Waals surface area contributed by atoms with E-state index < -0.39 is 14.5 Å². The van der Waals surface area contributed by atoms with Gasteiger partial charge in [0.2, 0.25) is 0 Å². The van der Waals surface area contributed by atoms with Gasteiger partial charge in [-0.1, -0.05) is 0 Å². The summed E-state index contributed by atoms with van der Waals surface area (Å²) < 4.78 is 4.58. The van der Waals surface area contributed by atoms with E-state index in [1.807, 2.05) is 0 Å². The number of rotatable bonds is 5. The maximum atomic E-state index is 10.6. The van der Waals surface area contributed by atoms with Crippen molar-refractivity contribution in [3.05, 3.63) is 0 Å². The van der Waals surface area contributed by atoms with Crippen molar-refractivity contribution >= 4 is 14.5 Å². The monoisotopic (exact) mass is 195 g/mol. The minimum atomic E-state index is -1.83. The summed E-state index contributed by atoms with van der Waals surface area (Å²) in [7, 11) is -1.83. The molecule has 0 aliphatic heterocycles. The Labute approximate surface area is 72.7 Å². The van der Waals surface area contributed by atoms with Crippen molar-refractivity contribution in [2.75, 3.05) is 19.3 Å². The van der Waals surface area contributed by atoms with Crippen molar-refractivity contribution in [3.8, 4) is 0 Å². The molecule has 0 saturated heterocycles. The fraction of sp³-hybridized carbons (Fsp3) is 0.833. The van der Waals surface area contributed by atoms with Gasteiger partial charge in [-0.25, -0.2) is 4.79 Å². The molecule has 0 aliphatic carbocycles. The van der Waals surface area contributed by atoms with Crippen LogP contribution in [-0.4, -0.2) is 35.2 Å². The standard InChI is InChI=1S/C6H14NO4P/c1-2-11-6(8)7-4-3-5-12(9)10/h9-10H,2-5H2,1H3,(H,7,8). The van der Waals surface area contributed by atoms with Gasteiger partial charge in [0.25, 0.3) is 0 Å². The Morgan fingerprint density at radius 3 is 2.75 bits per heavy atom. The lowest BCUT2D eigenvalue weighted by Crippen LogP contribution is -2.25. The summed E-state index contributed by atoms with van der Waals surface area (Å²) in [6.07, 6.45) is 0.414. The van der Waals surface area contributed by atoms with Crippen LogP contribution in [0.2, 0.25) is 0 Å². The molecule has 6 heteroatoms. The van der Waals surface area contributed by atoms with Gasteiger partial charge in [0, 0.05) is 12.7 Å². The third-order valence-electron chi connectivity index (χ3n) is 1.08. The van der Waals surface area contributed by atoms with Crippen LogP contribution in [-0.2, 0) is 4.74 Å². The first-order valence-electron chi connectivity index (χ1n) is 3.72. The molecule has 0 aromatic carbocycles. The molecule has 0 radical (unpaired) electrons. The average Bonchev–Trinajstić information content (AvgIpc) is 1.98. The highest BCUT2D eigenvalue weighted by atomic mass is 31.2. The number of amides is 1. The number of nitrogens with one attached hydrogen (secondary N) is 1. The molecule has 0 aliphatic rings. The number of alkyl carbamates (subject to hydrolysis) is 1. The van der Waals surface area contributed by atoms with Crippen molar-refractivity contribution in [1.82, 2.24) is 5.32 Å². The topological polar surface area (TPSA) is 78.8 Å². The Hall–Kier alpha value is -0.380. The highest BCUT2D eigenvalue weighted by Crippen LogP contribution is 2.22. The second kappa shape index (κ2) is 7.28. The summed E-state index contributed by atoms with van der Waals surface area (Å²) in [5, 5.41) is 2.47. The number of hydrogen-bond donors (Lipinski definition) is 3. The second-order valence-electron chi connectivity index (χ2n) is 2.10. The molecular formula is C6H14NO4P. The lowest BCUT2D eigenvalue weighted by Gasteiger charge is -2.04. The molecular weight excluding hydrogens is 181 g/mol. The molecule has 0 bridgehead atoms. The van der Waals surface area contributed by atoms with Gasteiger partial charge in [-0.15, -0.1) is 0 Å². The van der Waals surface area contributed by atoms with Crippen LogP contribution in [0.15, 0.2) is 0 Å². The van der Waals surface area contributed by atoms with Crippen molar-refractivity contribution < 1.29 is 19.3 Å². The summed E-state index contributed by atoms with van der Waals surface area (Å²) >= 11 is 0. The Morgan fingerprint density at radius 1 is 1.58 bits per heavy atom. The van der Waals surface area contributed by atoms with Crippen molar-refractivity contribution in [2.45, 2.75) is 13.3 Å². The molecule has 12 heavy (non-hydrogen) atoms. The quantitative estimate of drug-likeness (QED) is 0.438. The van der Waals surface area contributed by atoms with E-state index in [0.29, 0.717) is 25.7 Å². The summed E-state index contributed by atoms with van der Waals surface area (Å²) in [5.41, 5.74) is 0. The molecule has 0 unspecified atom stereocenters. The minimum Gasteiger partial charge on any atom is -0.450 e. The maximum Gasteiger partial charge on any atom is 0.407 e. The number of carbonyl (C=O) groups excluding carboxylic acids is 1. The molecule has 72 valence electrons. The largest absolute Gasteiger partial charge is 0.450 e. The van der Waals surface area contributed by atoms with Crippen LogP contribution >= 0.6 is 8.38 Å². The van der Waals surface area contributed by atoms with Crippen LogP contribution in [0, 0.1) is 0 Å². The molecule has 5 nitrogen and oxygen atoms in total. The third kappa shape index (κ3) is 7.72. The molecule has 0 aromatic rings. The van der Waals surface area contributed by atoms with E-state index in [2.05, 4.69) is 10.1 Å². The van der Waals surface area contributed by atoms with Gasteiger partial charge in [0.1, 0.15) is 0 Å². The summed E-state index contributed by atoms with van der Waals surface area (Å²) in [6, 6.07) is 0. The first kappa shape index (κ1) is 11.6. The second-order valence-corrected chi connectivity index (χ2v) is 3.29. The van der Waals surface area contributed by atoms with Crippen LogP contribution in [0.4, 0.5) is 4.79 Å². The van der Waals surface area contributed by atoms with E-state index in [-0.39, 0.29) is 0 Å². The molecule has 0 spiro atoms. The van der Waals surface area contributed by atoms with Crippen LogP contribution in [0.3, 0.4) is 0 Å². The summed E-state index contributed by atoms with van der Waals surface area (Å²) in [6.45, 7) is 2.48. The Morgan fingerprint density at radius 2 is 2.25 bits per heavy atom. The van der Waals surface area contributed by atoms with E-state index in [1.54, 1.807) is 6.92 Å². The van der Waals surface area contributed by atoms with Gasteiger partial charge >= 0.3 is 6.09 Å². The summed E-state index contributed by atoms with van der Waals surface area (Å²) in [5.74, 6) is 0. The molecule has 1 amide bonds. The molecule has 0 aromatic heterocycles. The Kier molecular flexibility index (Phi) is 7.05. The van der Waals surface area contributed by atoms with Crippen LogP contribution in [0.5, 0.6) is 0 Å². The fourth-order valence-corrected chi connectivity index (χ4v) is 1.03. The number of hydrogen-bond acceptors (Lipinski definition) is 4. The zero-order chi connectivity index (χ0) is 9.40.